The van der Waals surface area contributed by atoms with Crippen LogP contribution in [0, 0.1) is 0 Å². The highest BCUT2D eigenvalue weighted by Crippen LogP contribution is 2.21. The lowest BCUT2D eigenvalue weighted by atomic mass is 9.90. The van der Waals surface area contributed by atoms with Crippen molar-refractivity contribution in [2.75, 3.05) is 13.1 Å². The van der Waals surface area contributed by atoms with E-state index in [-0.39, 0.29) is 11.4 Å². The van der Waals surface area contributed by atoms with Gasteiger partial charge in [0.05, 0.1) is 5.54 Å². The molecule has 2 N–H and O–H groups in total. The number of carbonyl (C=O) groups is 1. The molecule has 2 aliphatic rings. The fourth-order valence-corrected chi connectivity index (χ4v) is 2.75. The van der Waals surface area contributed by atoms with Crippen molar-refractivity contribution in [3.8, 4) is 0 Å². The molecule has 0 saturated carbocycles. The van der Waals surface area contributed by atoms with Crippen LogP contribution in [0.3, 0.4) is 0 Å². The molecule has 1 amide bonds. The molecule has 0 spiro atoms. The predicted molar refractivity (Wildman–Crippen MR) is 69.8 cm³/mol. The van der Waals surface area contributed by atoms with E-state index in [9.17, 15) is 4.79 Å². The Labute approximate surface area is 104 Å². The first-order chi connectivity index (χ1) is 8.21. The Morgan fingerprint density at radius 1 is 1.47 bits per heavy atom. The summed E-state index contributed by atoms with van der Waals surface area (Å²) in [6.07, 6.45) is 10.4. The first-order valence-corrected chi connectivity index (χ1v) is 6.92. The molecule has 0 aromatic heterocycles. The predicted octanol–water partition coefficient (Wildman–Crippen LogP) is 2.14. The van der Waals surface area contributed by atoms with E-state index in [0.717, 1.165) is 32.4 Å². The lowest BCUT2D eigenvalue weighted by Crippen LogP contribution is -2.57. The smallest absolute Gasteiger partial charge is 0.240 e. The van der Waals surface area contributed by atoms with E-state index in [2.05, 4.69) is 16.7 Å². The Morgan fingerprint density at radius 3 is 3.00 bits per heavy atom. The molecule has 0 aromatic carbocycles. The van der Waals surface area contributed by atoms with E-state index in [1.807, 2.05) is 6.92 Å². The molecule has 1 atom stereocenters. The first-order valence-electron chi connectivity index (χ1n) is 6.92. The van der Waals surface area contributed by atoms with Gasteiger partial charge in [0.2, 0.25) is 5.91 Å². The SMILES string of the molecule is CC1(C(=O)NCCC2=CCCC2)CCCCN1. The summed E-state index contributed by atoms with van der Waals surface area (Å²) in [5.74, 6) is 0.177. The van der Waals surface area contributed by atoms with Gasteiger partial charge in [0.15, 0.2) is 0 Å². The largest absolute Gasteiger partial charge is 0.354 e. The lowest BCUT2D eigenvalue weighted by molar-refractivity contribution is -0.127. The molecule has 17 heavy (non-hydrogen) atoms. The van der Waals surface area contributed by atoms with Crippen molar-refractivity contribution < 1.29 is 4.79 Å². The first kappa shape index (κ1) is 12.6. The summed E-state index contributed by atoms with van der Waals surface area (Å²) in [6, 6.07) is 0. The van der Waals surface area contributed by atoms with Gasteiger partial charge in [0, 0.05) is 6.54 Å². The highest BCUT2D eigenvalue weighted by atomic mass is 16.2. The third kappa shape index (κ3) is 3.32. The van der Waals surface area contributed by atoms with Crippen molar-refractivity contribution in [1.29, 1.82) is 0 Å². The van der Waals surface area contributed by atoms with Gasteiger partial charge in [-0.15, -0.1) is 0 Å². The van der Waals surface area contributed by atoms with Crippen LogP contribution in [0.25, 0.3) is 0 Å². The van der Waals surface area contributed by atoms with Crippen molar-refractivity contribution >= 4 is 5.91 Å². The quantitative estimate of drug-likeness (QED) is 0.734. The molecule has 0 aromatic rings. The zero-order valence-electron chi connectivity index (χ0n) is 10.8. The zero-order valence-corrected chi connectivity index (χ0v) is 10.8. The maximum Gasteiger partial charge on any atom is 0.240 e. The molecule has 0 bridgehead atoms. The molecule has 3 heteroatoms. The Bertz CT molecular complexity index is 303. The summed E-state index contributed by atoms with van der Waals surface area (Å²) in [7, 11) is 0. The molecule has 1 aliphatic heterocycles. The van der Waals surface area contributed by atoms with E-state index in [4.69, 9.17) is 0 Å². The third-order valence-electron chi connectivity index (χ3n) is 3.99. The number of hydrogen-bond donors (Lipinski definition) is 2. The van der Waals surface area contributed by atoms with Crippen LogP contribution in [-0.4, -0.2) is 24.5 Å². The molecule has 1 heterocycles. The number of piperidine rings is 1. The molecule has 0 radical (unpaired) electrons. The average molecular weight is 236 g/mol. The minimum Gasteiger partial charge on any atom is -0.354 e. The molecule has 1 aliphatic carbocycles. The summed E-state index contributed by atoms with van der Waals surface area (Å²) in [5, 5.41) is 6.42. The van der Waals surface area contributed by atoms with Gasteiger partial charge in [0.1, 0.15) is 0 Å². The maximum absolute atomic E-state index is 12.1. The van der Waals surface area contributed by atoms with Gasteiger partial charge in [0.25, 0.3) is 0 Å². The van der Waals surface area contributed by atoms with E-state index >= 15 is 0 Å². The molecule has 2 rings (SSSR count). The second-order valence-corrected chi connectivity index (χ2v) is 5.48. The number of carbonyl (C=O) groups excluding carboxylic acids is 1. The van der Waals surface area contributed by atoms with Gasteiger partial charge in [-0.2, -0.15) is 0 Å². The highest BCUT2D eigenvalue weighted by Gasteiger charge is 2.33. The number of nitrogens with one attached hydrogen (secondary N) is 2. The number of hydrogen-bond acceptors (Lipinski definition) is 2. The maximum atomic E-state index is 12.1. The standard InChI is InChI=1S/C14H24N2O/c1-14(9-4-5-10-16-14)13(17)15-11-8-12-6-2-3-7-12/h6,16H,2-5,7-11H2,1H3,(H,15,17). The van der Waals surface area contributed by atoms with Crippen molar-refractivity contribution in [3.63, 3.8) is 0 Å². The van der Waals surface area contributed by atoms with Gasteiger partial charge < -0.3 is 10.6 Å². The summed E-state index contributed by atoms with van der Waals surface area (Å²) in [6.45, 7) is 3.79. The Morgan fingerprint density at radius 2 is 2.35 bits per heavy atom. The van der Waals surface area contributed by atoms with Crippen molar-refractivity contribution in [1.82, 2.24) is 10.6 Å². The molecule has 1 fully saturated rings. The van der Waals surface area contributed by atoms with Gasteiger partial charge in [-0.05, 0) is 58.4 Å². The molecule has 1 saturated heterocycles. The minimum absolute atomic E-state index is 0.177. The number of rotatable bonds is 4. The number of allylic oxidation sites excluding steroid dienone is 1. The molecule has 3 nitrogen and oxygen atoms in total. The van der Waals surface area contributed by atoms with Gasteiger partial charge >= 0.3 is 0 Å². The van der Waals surface area contributed by atoms with Crippen LogP contribution >= 0.6 is 0 Å². The van der Waals surface area contributed by atoms with Gasteiger partial charge in [-0.1, -0.05) is 11.6 Å². The average Bonchev–Trinajstić information content (AvgIpc) is 2.83. The van der Waals surface area contributed by atoms with Crippen LogP contribution < -0.4 is 10.6 Å². The lowest BCUT2D eigenvalue weighted by Gasteiger charge is -2.33. The third-order valence-corrected chi connectivity index (χ3v) is 3.99. The summed E-state index contributed by atoms with van der Waals surface area (Å²) in [5.41, 5.74) is 1.19. The van der Waals surface area contributed by atoms with Crippen LogP contribution in [0.1, 0.15) is 51.9 Å². The summed E-state index contributed by atoms with van der Waals surface area (Å²) < 4.78 is 0. The van der Waals surface area contributed by atoms with Crippen LogP contribution in [0.5, 0.6) is 0 Å². The molecular weight excluding hydrogens is 212 g/mol. The van der Waals surface area contributed by atoms with Crippen molar-refractivity contribution in [3.05, 3.63) is 11.6 Å². The van der Waals surface area contributed by atoms with Crippen LogP contribution in [-0.2, 0) is 4.79 Å². The van der Waals surface area contributed by atoms with Crippen LogP contribution in [0.15, 0.2) is 11.6 Å². The second kappa shape index (κ2) is 5.67. The second-order valence-electron chi connectivity index (χ2n) is 5.48. The summed E-state index contributed by atoms with van der Waals surface area (Å²) >= 11 is 0. The Balaban J connectivity index is 1.72. The van der Waals surface area contributed by atoms with E-state index in [0.29, 0.717) is 0 Å². The van der Waals surface area contributed by atoms with E-state index in [1.165, 1.54) is 31.3 Å². The topological polar surface area (TPSA) is 41.1 Å². The monoisotopic (exact) mass is 236 g/mol. The Kier molecular flexibility index (Phi) is 4.21. The Hall–Kier alpha value is -0.830. The van der Waals surface area contributed by atoms with Crippen molar-refractivity contribution in [2.45, 2.75) is 57.4 Å². The summed E-state index contributed by atoms with van der Waals surface area (Å²) in [4.78, 5) is 12.1. The van der Waals surface area contributed by atoms with E-state index in [1.54, 1.807) is 0 Å². The van der Waals surface area contributed by atoms with Crippen molar-refractivity contribution in [2.24, 2.45) is 0 Å². The van der Waals surface area contributed by atoms with E-state index < -0.39 is 0 Å². The van der Waals surface area contributed by atoms with Gasteiger partial charge in [-0.3, -0.25) is 4.79 Å². The molecule has 1 unspecified atom stereocenters. The zero-order chi connectivity index (χ0) is 12.1. The number of amides is 1. The minimum atomic E-state index is -0.331. The fourth-order valence-electron chi connectivity index (χ4n) is 2.75. The molecular formula is C14H24N2O. The van der Waals surface area contributed by atoms with Crippen LogP contribution in [0.2, 0.25) is 0 Å². The van der Waals surface area contributed by atoms with Crippen LogP contribution in [0.4, 0.5) is 0 Å². The normalized spacial score (nSPS) is 28.9. The highest BCUT2D eigenvalue weighted by molar-refractivity contribution is 5.85. The van der Waals surface area contributed by atoms with Gasteiger partial charge in [-0.25, -0.2) is 0 Å². The molecule has 96 valence electrons. The fraction of sp³-hybridized carbons (Fsp3) is 0.786.